The highest BCUT2D eigenvalue weighted by atomic mass is 32.2. The SMILES string of the molecule is O=C(Nc1cccc([N+](=O)[O-])c1)c1cccc(S(=O)(=O)Nc2ccccc2F)c1. The first-order valence-electron chi connectivity index (χ1n) is 8.19. The normalized spacial score (nSPS) is 10.9. The summed E-state index contributed by atoms with van der Waals surface area (Å²) >= 11 is 0. The number of nitro benzene ring substituents is 1. The number of carbonyl (C=O) groups excluding carboxylic acids is 1. The first kappa shape index (κ1) is 20.0. The minimum absolute atomic E-state index is 0.00733. The number of hydrogen-bond acceptors (Lipinski definition) is 5. The lowest BCUT2D eigenvalue weighted by Crippen LogP contribution is -2.16. The Kier molecular flexibility index (Phi) is 5.55. The summed E-state index contributed by atoms with van der Waals surface area (Å²) in [5.74, 6) is -1.40. The number of sulfonamides is 1. The molecule has 3 rings (SSSR count). The van der Waals surface area contributed by atoms with Crippen molar-refractivity contribution in [3.05, 3.63) is 94.3 Å². The average molecular weight is 415 g/mol. The number of amides is 1. The van der Waals surface area contributed by atoms with Gasteiger partial charge in [-0.25, -0.2) is 12.8 Å². The van der Waals surface area contributed by atoms with E-state index in [2.05, 4.69) is 10.0 Å². The van der Waals surface area contributed by atoms with E-state index < -0.39 is 26.7 Å². The van der Waals surface area contributed by atoms with E-state index >= 15 is 0 Å². The van der Waals surface area contributed by atoms with Crippen LogP contribution in [-0.4, -0.2) is 19.2 Å². The number of nitrogens with one attached hydrogen (secondary N) is 2. The van der Waals surface area contributed by atoms with Crippen LogP contribution in [0.3, 0.4) is 0 Å². The van der Waals surface area contributed by atoms with Crippen LogP contribution in [-0.2, 0) is 10.0 Å². The van der Waals surface area contributed by atoms with Crippen molar-refractivity contribution in [1.29, 1.82) is 0 Å². The number of hydrogen-bond donors (Lipinski definition) is 2. The second kappa shape index (κ2) is 8.07. The molecule has 0 bridgehead atoms. The maximum atomic E-state index is 13.7. The Morgan fingerprint density at radius 1 is 0.966 bits per heavy atom. The molecule has 0 radical (unpaired) electrons. The van der Waals surface area contributed by atoms with E-state index in [1.807, 2.05) is 0 Å². The largest absolute Gasteiger partial charge is 0.322 e. The van der Waals surface area contributed by atoms with Gasteiger partial charge in [0.15, 0.2) is 0 Å². The molecule has 10 heteroatoms. The zero-order valence-corrected chi connectivity index (χ0v) is 15.5. The van der Waals surface area contributed by atoms with Gasteiger partial charge in [-0.2, -0.15) is 0 Å². The molecule has 0 saturated carbocycles. The number of halogens is 1. The number of rotatable bonds is 6. The second-order valence-corrected chi connectivity index (χ2v) is 7.56. The molecule has 0 aromatic heterocycles. The maximum Gasteiger partial charge on any atom is 0.271 e. The maximum absolute atomic E-state index is 13.7. The van der Waals surface area contributed by atoms with Gasteiger partial charge in [-0.05, 0) is 36.4 Å². The second-order valence-electron chi connectivity index (χ2n) is 5.87. The number of benzene rings is 3. The van der Waals surface area contributed by atoms with Crippen LogP contribution in [0.15, 0.2) is 77.7 Å². The van der Waals surface area contributed by atoms with Crippen molar-refractivity contribution in [2.75, 3.05) is 10.0 Å². The highest BCUT2D eigenvalue weighted by molar-refractivity contribution is 7.92. The van der Waals surface area contributed by atoms with Crippen LogP contribution in [0.2, 0.25) is 0 Å². The lowest BCUT2D eigenvalue weighted by atomic mass is 10.2. The van der Waals surface area contributed by atoms with E-state index in [0.717, 1.165) is 12.1 Å². The molecule has 148 valence electrons. The van der Waals surface area contributed by atoms with Gasteiger partial charge < -0.3 is 5.32 Å². The molecule has 0 fully saturated rings. The molecule has 0 saturated heterocycles. The molecule has 0 atom stereocenters. The molecule has 8 nitrogen and oxygen atoms in total. The number of anilines is 2. The molecular weight excluding hydrogens is 401 g/mol. The molecule has 0 aliphatic carbocycles. The Labute approximate surface area is 165 Å². The van der Waals surface area contributed by atoms with Crippen molar-refractivity contribution >= 4 is 33.0 Å². The third kappa shape index (κ3) is 4.74. The minimum Gasteiger partial charge on any atom is -0.322 e. The standard InChI is InChI=1S/C19H14FN3O5S/c20-17-9-1-2-10-18(17)22-29(27,28)16-8-3-5-13(11-16)19(24)21-14-6-4-7-15(12-14)23(25)26/h1-12,22H,(H,21,24). The van der Waals surface area contributed by atoms with E-state index in [4.69, 9.17) is 0 Å². The summed E-state index contributed by atoms with van der Waals surface area (Å²) in [5, 5.41) is 13.3. The van der Waals surface area contributed by atoms with Crippen molar-refractivity contribution in [3.63, 3.8) is 0 Å². The fraction of sp³-hybridized carbons (Fsp3) is 0. The smallest absolute Gasteiger partial charge is 0.271 e. The summed E-state index contributed by atoms with van der Waals surface area (Å²) in [5.41, 5.74) is -0.234. The highest BCUT2D eigenvalue weighted by Gasteiger charge is 2.18. The van der Waals surface area contributed by atoms with Gasteiger partial charge in [0.05, 0.1) is 15.5 Å². The van der Waals surface area contributed by atoms with E-state index in [1.54, 1.807) is 0 Å². The van der Waals surface area contributed by atoms with Gasteiger partial charge in [0, 0.05) is 23.4 Å². The summed E-state index contributed by atoms with van der Waals surface area (Å²) in [4.78, 5) is 22.4. The first-order valence-corrected chi connectivity index (χ1v) is 9.68. The minimum atomic E-state index is -4.14. The van der Waals surface area contributed by atoms with Crippen LogP contribution in [0.25, 0.3) is 0 Å². The van der Waals surface area contributed by atoms with Crippen molar-refractivity contribution in [2.24, 2.45) is 0 Å². The van der Waals surface area contributed by atoms with Crippen LogP contribution < -0.4 is 10.0 Å². The number of nitro groups is 1. The Bertz CT molecular complexity index is 1200. The van der Waals surface area contributed by atoms with Gasteiger partial charge in [-0.1, -0.05) is 24.3 Å². The number of carbonyl (C=O) groups is 1. The lowest BCUT2D eigenvalue weighted by Gasteiger charge is -2.10. The van der Waals surface area contributed by atoms with Crippen LogP contribution in [0, 0.1) is 15.9 Å². The van der Waals surface area contributed by atoms with Crippen molar-refractivity contribution in [1.82, 2.24) is 0 Å². The quantitative estimate of drug-likeness (QED) is 0.469. The molecule has 29 heavy (non-hydrogen) atoms. The summed E-state index contributed by atoms with van der Waals surface area (Å²) in [6, 6.07) is 15.7. The summed E-state index contributed by atoms with van der Waals surface area (Å²) < 4.78 is 40.9. The van der Waals surface area contributed by atoms with Crippen LogP contribution in [0.5, 0.6) is 0 Å². The Morgan fingerprint density at radius 2 is 1.69 bits per heavy atom. The summed E-state index contributed by atoms with van der Waals surface area (Å²) in [6.45, 7) is 0. The molecule has 3 aromatic rings. The van der Waals surface area contributed by atoms with Crippen LogP contribution in [0.1, 0.15) is 10.4 Å². The fourth-order valence-corrected chi connectivity index (χ4v) is 3.57. The van der Waals surface area contributed by atoms with E-state index in [-0.39, 0.29) is 27.5 Å². The van der Waals surface area contributed by atoms with Crippen molar-refractivity contribution in [3.8, 4) is 0 Å². The molecule has 0 unspecified atom stereocenters. The van der Waals surface area contributed by atoms with Gasteiger partial charge in [-0.3, -0.25) is 19.6 Å². The number of nitrogens with zero attached hydrogens (tertiary/aromatic N) is 1. The van der Waals surface area contributed by atoms with Crippen LogP contribution >= 0.6 is 0 Å². The molecule has 0 aliphatic rings. The monoisotopic (exact) mass is 415 g/mol. The average Bonchev–Trinajstić information content (AvgIpc) is 2.70. The van der Waals surface area contributed by atoms with Crippen molar-refractivity contribution in [2.45, 2.75) is 4.90 Å². The fourth-order valence-electron chi connectivity index (χ4n) is 2.45. The highest BCUT2D eigenvalue weighted by Crippen LogP contribution is 2.21. The Hall–Kier alpha value is -3.79. The van der Waals surface area contributed by atoms with Gasteiger partial charge in [0.25, 0.3) is 21.6 Å². The van der Waals surface area contributed by atoms with Gasteiger partial charge in [-0.15, -0.1) is 0 Å². The van der Waals surface area contributed by atoms with Gasteiger partial charge in [0.2, 0.25) is 0 Å². The molecule has 0 heterocycles. The predicted octanol–water partition coefficient (Wildman–Crippen LogP) is 3.79. The summed E-state index contributed by atoms with van der Waals surface area (Å²) in [6.07, 6.45) is 0. The molecule has 0 spiro atoms. The van der Waals surface area contributed by atoms with Crippen molar-refractivity contribution < 1.29 is 22.5 Å². The van der Waals surface area contributed by atoms with E-state index in [0.29, 0.717) is 0 Å². The molecule has 1 amide bonds. The summed E-state index contributed by atoms with van der Waals surface area (Å²) in [7, 11) is -4.14. The molecule has 3 aromatic carbocycles. The Balaban J connectivity index is 1.83. The Morgan fingerprint density at radius 3 is 2.41 bits per heavy atom. The van der Waals surface area contributed by atoms with Crippen LogP contribution in [0.4, 0.5) is 21.5 Å². The third-order valence-corrected chi connectivity index (χ3v) is 5.20. The number of non-ortho nitro benzene ring substituents is 1. The topological polar surface area (TPSA) is 118 Å². The van der Waals surface area contributed by atoms with Gasteiger partial charge in [0.1, 0.15) is 5.82 Å². The third-order valence-electron chi connectivity index (χ3n) is 3.84. The van der Waals surface area contributed by atoms with E-state index in [9.17, 15) is 27.7 Å². The predicted molar refractivity (Wildman–Crippen MR) is 105 cm³/mol. The zero-order chi connectivity index (χ0) is 21.0. The lowest BCUT2D eigenvalue weighted by molar-refractivity contribution is -0.384. The first-order chi connectivity index (χ1) is 13.8. The number of para-hydroxylation sites is 1. The molecular formula is C19H14FN3O5S. The van der Waals surface area contributed by atoms with E-state index in [1.165, 1.54) is 60.7 Å². The van der Waals surface area contributed by atoms with Gasteiger partial charge >= 0.3 is 0 Å². The zero-order valence-electron chi connectivity index (χ0n) is 14.7. The molecule has 2 N–H and O–H groups in total. The molecule has 0 aliphatic heterocycles.